The van der Waals surface area contributed by atoms with Gasteiger partial charge in [0.2, 0.25) is 5.91 Å². The van der Waals surface area contributed by atoms with E-state index in [-0.39, 0.29) is 17.3 Å². The number of nitrogens with zero attached hydrogens (tertiary/aromatic N) is 2. The maximum absolute atomic E-state index is 13.6. The van der Waals surface area contributed by atoms with E-state index in [1.54, 1.807) is 24.3 Å². The highest BCUT2D eigenvalue weighted by molar-refractivity contribution is 7.92. The van der Waals surface area contributed by atoms with Crippen LogP contribution in [0.5, 0.6) is 0 Å². The smallest absolute Gasteiger partial charge is 0.264 e. The van der Waals surface area contributed by atoms with Crippen molar-refractivity contribution >= 4 is 27.3 Å². The molecule has 7 heteroatoms. The zero-order chi connectivity index (χ0) is 25.0. The summed E-state index contributed by atoms with van der Waals surface area (Å²) in [4.78, 5) is 15.4. The first-order valence-corrected chi connectivity index (χ1v) is 13.5. The number of para-hydroxylation sites is 1. The Bertz CT molecular complexity index is 1300. The average Bonchev–Trinajstić information content (AvgIpc) is 3.25. The van der Waals surface area contributed by atoms with Crippen molar-refractivity contribution in [2.75, 3.05) is 35.4 Å². The average molecular weight is 492 g/mol. The highest BCUT2D eigenvalue weighted by Gasteiger charge is 2.28. The molecule has 3 aromatic carbocycles. The molecule has 0 fully saturated rings. The van der Waals surface area contributed by atoms with Crippen molar-refractivity contribution in [1.82, 2.24) is 5.32 Å². The summed E-state index contributed by atoms with van der Waals surface area (Å²) in [7, 11) is -3.92. The number of fused-ring (bicyclic) bond motifs is 1. The van der Waals surface area contributed by atoms with Crippen LogP contribution in [0.4, 0.5) is 11.4 Å². The number of sulfonamides is 1. The highest BCUT2D eigenvalue weighted by atomic mass is 32.2. The first-order chi connectivity index (χ1) is 16.8. The summed E-state index contributed by atoms with van der Waals surface area (Å²) in [6, 6.07) is 20.8. The molecule has 0 unspecified atom stereocenters. The Labute approximate surface area is 208 Å². The van der Waals surface area contributed by atoms with E-state index in [2.05, 4.69) is 34.5 Å². The van der Waals surface area contributed by atoms with Crippen LogP contribution in [0.3, 0.4) is 0 Å². The van der Waals surface area contributed by atoms with Crippen LogP contribution in [-0.2, 0) is 21.2 Å². The standard InChI is InChI=1S/C28H33N3O3S/c1-21-10-13-25(14-11-21)35(33,34)31(27-19-22(2)9-12-23(27)3)20-28(32)29-16-6-17-30-18-15-24-7-4-5-8-26(24)30/h4-5,7-14,19H,6,15-18,20H2,1-3H3,(H,29,32). The lowest BCUT2D eigenvalue weighted by molar-refractivity contribution is -0.119. The fourth-order valence-corrected chi connectivity index (χ4v) is 5.93. The molecule has 35 heavy (non-hydrogen) atoms. The minimum absolute atomic E-state index is 0.171. The van der Waals surface area contributed by atoms with Crippen molar-refractivity contribution in [3.63, 3.8) is 0 Å². The van der Waals surface area contributed by atoms with Gasteiger partial charge in [0.1, 0.15) is 6.54 Å². The Morgan fingerprint density at radius 1 is 0.971 bits per heavy atom. The molecule has 4 rings (SSSR count). The Hall–Kier alpha value is -3.32. The third-order valence-corrected chi connectivity index (χ3v) is 8.21. The largest absolute Gasteiger partial charge is 0.371 e. The minimum atomic E-state index is -3.92. The summed E-state index contributed by atoms with van der Waals surface area (Å²) in [6.45, 7) is 7.74. The van der Waals surface area contributed by atoms with Crippen LogP contribution in [0.1, 0.15) is 28.7 Å². The molecule has 184 valence electrons. The summed E-state index contributed by atoms with van der Waals surface area (Å²) >= 11 is 0. The van der Waals surface area contributed by atoms with Crippen LogP contribution in [0.2, 0.25) is 0 Å². The predicted molar refractivity (Wildman–Crippen MR) is 142 cm³/mol. The number of amides is 1. The fraction of sp³-hybridized carbons (Fsp3) is 0.321. The molecule has 0 aromatic heterocycles. The van der Waals surface area contributed by atoms with Gasteiger partial charge >= 0.3 is 0 Å². The molecule has 0 spiro atoms. The van der Waals surface area contributed by atoms with Crippen molar-refractivity contribution in [2.24, 2.45) is 0 Å². The van der Waals surface area contributed by atoms with E-state index in [9.17, 15) is 13.2 Å². The summed E-state index contributed by atoms with van der Waals surface area (Å²) < 4.78 is 28.4. The van der Waals surface area contributed by atoms with Gasteiger partial charge in [-0.1, -0.05) is 48.0 Å². The summed E-state index contributed by atoms with van der Waals surface area (Å²) in [5, 5.41) is 2.93. The fourth-order valence-electron chi connectivity index (χ4n) is 4.45. The normalized spacial score (nSPS) is 12.9. The summed E-state index contributed by atoms with van der Waals surface area (Å²) in [6.07, 6.45) is 1.83. The maximum atomic E-state index is 13.6. The van der Waals surface area contributed by atoms with Crippen LogP contribution in [0.25, 0.3) is 0 Å². The lowest BCUT2D eigenvalue weighted by atomic mass is 10.1. The predicted octanol–water partition coefficient (Wildman–Crippen LogP) is 4.38. The minimum Gasteiger partial charge on any atom is -0.371 e. The van der Waals surface area contributed by atoms with Crippen molar-refractivity contribution < 1.29 is 13.2 Å². The number of benzene rings is 3. The molecule has 1 aliphatic rings. The third-order valence-electron chi connectivity index (χ3n) is 6.44. The number of carbonyl (C=O) groups excluding carboxylic acids is 1. The van der Waals surface area contributed by atoms with Gasteiger partial charge in [0.15, 0.2) is 0 Å². The van der Waals surface area contributed by atoms with Crippen molar-refractivity contribution in [1.29, 1.82) is 0 Å². The number of hydrogen-bond donors (Lipinski definition) is 1. The molecule has 1 aliphatic heterocycles. The van der Waals surface area contributed by atoms with Crippen LogP contribution in [-0.4, -0.2) is 40.5 Å². The van der Waals surface area contributed by atoms with E-state index in [1.165, 1.54) is 15.6 Å². The molecule has 6 nitrogen and oxygen atoms in total. The third kappa shape index (κ3) is 5.68. The highest BCUT2D eigenvalue weighted by Crippen LogP contribution is 2.29. The lowest BCUT2D eigenvalue weighted by Crippen LogP contribution is -2.42. The van der Waals surface area contributed by atoms with Gasteiger partial charge in [0.25, 0.3) is 10.0 Å². The molecule has 3 aromatic rings. The first-order valence-electron chi connectivity index (χ1n) is 12.0. The van der Waals surface area contributed by atoms with Gasteiger partial charge in [-0.3, -0.25) is 9.10 Å². The zero-order valence-electron chi connectivity index (χ0n) is 20.6. The van der Waals surface area contributed by atoms with Crippen LogP contribution in [0.15, 0.2) is 71.6 Å². The second-order valence-corrected chi connectivity index (χ2v) is 11.0. The molecule has 0 bridgehead atoms. The van der Waals surface area contributed by atoms with Crippen molar-refractivity contribution in [2.45, 2.75) is 38.5 Å². The van der Waals surface area contributed by atoms with E-state index in [4.69, 9.17) is 0 Å². The van der Waals surface area contributed by atoms with Gasteiger partial charge in [-0.2, -0.15) is 0 Å². The number of aryl methyl sites for hydroxylation is 3. The van der Waals surface area contributed by atoms with Crippen molar-refractivity contribution in [3.8, 4) is 0 Å². The Morgan fingerprint density at radius 3 is 2.46 bits per heavy atom. The van der Waals surface area contributed by atoms with Crippen LogP contribution >= 0.6 is 0 Å². The van der Waals surface area contributed by atoms with E-state index >= 15 is 0 Å². The summed E-state index contributed by atoms with van der Waals surface area (Å²) in [5.41, 5.74) is 5.86. The van der Waals surface area contributed by atoms with E-state index in [0.29, 0.717) is 12.2 Å². The number of carbonyl (C=O) groups is 1. The van der Waals surface area contributed by atoms with Crippen LogP contribution in [0, 0.1) is 20.8 Å². The van der Waals surface area contributed by atoms with E-state index < -0.39 is 10.0 Å². The molecule has 0 saturated heterocycles. The molecule has 0 radical (unpaired) electrons. The molecule has 1 N–H and O–H groups in total. The van der Waals surface area contributed by atoms with Crippen molar-refractivity contribution in [3.05, 3.63) is 89.0 Å². The number of nitrogens with one attached hydrogen (secondary N) is 1. The van der Waals surface area contributed by atoms with E-state index in [0.717, 1.165) is 42.6 Å². The summed E-state index contributed by atoms with van der Waals surface area (Å²) in [5.74, 6) is -0.316. The molecule has 1 amide bonds. The molecule has 1 heterocycles. The molecule has 0 aliphatic carbocycles. The Kier molecular flexibility index (Phi) is 7.45. The van der Waals surface area contributed by atoms with Gasteiger partial charge in [-0.25, -0.2) is 8.42 Å². The SMILES string of the molecule is Cc1ccc(S(=O)(=O)N(CC(=O)NCCCN2CCc3ccccc32)c2cc(C)ccc2C)cc1. The molecular weight excluding hydrogens is 458 g/mol. The number of rotatable bonds is 9. The maximum Gasteiger partial charge on any atom is 0.264 e. The zero-order valence-corrected chi connectivity index (χ0v) is 21.4. The van der Waals surface area contributed by atoms with Gasteiger partial charge in [-0.15, -0.1) is 0 Å². The molecule has 0 atom stereocenters. The van der Waals surface area contributed by atoms with Gasteiger partial charge in [0, 0.05) is 25.3 Å². The molecular formula is C28H33N3O3S. The van der Waals surface area contributed by atoms with E-state index in [1.807, 2.05) is 39.0 Å². The second-order valence-electron chi connectivity index (χ2n) is 9.18. The Balaban J connectivity index is 1.44. The topological polar surface area (TPSA) is 69.7 Å². The quantitative estimate of drug-likeness (QED) is 0.451. The monoisotopic (exact) mass is 491 g/mol. The van der Waals surface area contributed by atoms with Crippen LogP contribution < -0.4 is 14.5 Å². The van der Waals surface area contributed by atoms with Gasteiger partial charge in [0.05, 0.1) is 10.6 Å². The number of anilines is 2. The number of hydrogen-bond acceptors (Lipinski definition) is 4. The van der Waals surface area contributed by atoms with Gasteiger partial charge in [-0.05, 0) is 74.6 Å². The lowest BCUT2D eigenvalue weighted by Gasteiger charge is -2.26. The molecule has 0 saturated carbocycles. The second kappa shape index (κ2) is 10.5. The van der Waals surface area contributed by atoms with Gasteiger partial charge < -0.3 is 10.2 Å². The Morgan fingerprint density at radius 2 is 1.69 bits per heavy atom. The first kappa shape index (κ1) is 24.8.